The second-order valence-electron chi connectivity index (χ2n) is 3.09. The van der Waals surface area contributed by atoms with Crippen LogP contribution in [0, 0.1) is 6.20 Å². The van der Waals surface area contributed by atoms with Gasteiger partial charge in [-0.3, -0.25) is 0 Å². The molecule has 0 aromatic carbocycles. The summed E-state index contributed by atoms with van der Waals surface area (Å²) < 4.78 is 3.91. The quantitative estimate of drug-likeness (QED) is 0.666. The zero-order valence-electron chi connectivity index (χ0n) is 6.31. The minimum atomic E-state index is 0. The molecule has 0 amide bonds. The number of aromatic nitrogens is 1. The third-order valence-electron chi connectivity index (χ3n) is 1.20. The van der Waals surface area contributed by atoms with Crippen molar-refractivity contribution in [3.63, 3.8) is 0 Å². The molecule has 0 spiro atoms. The molecule has 10 heavy (non-hydrogen) atoms. The molecule has 1 aromatic rings. The van der Waals surface area contributed by atoms with E-state index in [4.69, 9.17) is 0 Å². The summed E-state index contributed by atoms with van der Waals surface area (Å²) in [4.78, 5) is 0. The van der Waals surface area contributed by atoms with Gasteiger partial charge in [-0.25, -0.2) is 0 Å². The first kappa shape index (κ1) is 10.3. The van der Waals surface area contributed by atoms with Crippen LogP contribution < -0.4 is 0 Å². The van der Waals surface area contributed by atoms with Gasteiger partial charge >= 0.3 is 0 Å². The fraction of sp³-hybridized carbons (Fsp3) is 0.571. The molecule has 0 saturated carbocycles. The summed E-state index contributed by atoms with van der Waals surface area (Å²) >= 11 is 1.46. The molecule has 0 atom stereocenters. The van der Waals surface area contributed by atoms with E-state index in [1.54, 1.807) is 0 Å². The summed E-state index contributed by atoms with van der Waals surface area (Å²) in [5.74, 6) is 0. The van der Waals surface area contributed by atoms with Crippen LogP contribution in [0.2, 0.25) is 0 Å². The normalized spacial score (nSPS) is 10.7. The Balaban J connectivity index is 0.000000810. The predicted octanol–water partition coefficient (Wildman–Crippen LogP) is 2.24. The molecule has 0 N–H and O–H groups in total. The largest absolute Gasteiger partial charge is 0.325 e. The first-order valence-electron chi connectivity index (χ1n) is 2.93. The molecule has 0 bridgehead atoms. The number of hydrogen-bond acceptors (Lipinski definition) is 2. The van der Waals surface area contributed by atoms with Gasteiger partial charge in [-0.1, -0.05) is 20.8 Å². The topological polar surface area (TPSA) is 12.9 Å². The van der Waals surface area contributed by atoms with Crippen LogP contribution in [-0.4, -0.2) is 4.37 Å². The van der Waals surface area contributed by atoms with E-state index in [2.05, 4.69) is 31.3 Å². The van der Waals surface area contributed by atoms with Gasteiger partial charge < -0.3 is 4.37 Å². The van der Waals surface area contributed by atoms with E-state index in [0.29, 0.717) is 0 Å². The van der Waals surface area contributed by atoms with E-state index in [1.165, 1.54) is 17.1 Å². The smallest absolute Gasteiger partial charge is 0 e. The number of hydrogen-bond donors (Lipinski definition) is 0. The Bertz CT molecular complexity index is 176. The number of nitrogens with zero attached hydrogens (tertiary/aromatic N) is 1. The standard InChI is InChI=1S/C7H10NS.Re/c1-7(2,3)6-4-8-9-5-6;/h5H,1-3H3;/q-1;. The molecule has 1 nitrogen and oxygen atoms in total. The Morgan fingerprint density at radius 1 is 1.50 bits per heavy atom. The second-order valence-corrected chi connectivity index (χ2v) is 3.72. The Morgan fingerprint density at radius 3 is 2.30 bits per heavy atom. The average molecular weight is 326 g/mol. The van der Waals surface area contributed by atoms with Crippen LogP contribution in [0.3, 0.4) is 0 Å². The third-order valence-corrected chi connectivity index (χ3v) is 1.74. The molecule has 0 saturated heterocycles. The van der Waals surface area contributed by atoms with Crippen molar-refractivity contribution < 1.29 is 20.4 Å². The maximum Gasteiger partial charge on any atom is 0 e. The van der Waals surface area contributed by atoms with Gasteiger partial charge in [0.25, 0.3) is 0 Å². The zero-order chi connectivity index (χ0) is 6.91. The summed E-state index contributed by atoms with van der Waals surface area (Å²) in [5.41, 5.74) is 1.42. The molecule has 57 valence electrons. The second kappa shape index (κ2) is 3.62. The monoisotopic (exact) mass is 327 g/mol. The van der Waals surface area contributed by atoms with Gasteiger partial charge in [-0.2, -0.15) is 17.1 Å². The number of rotatable bonds is 0. The van der Waals surface area contributed by atoms with E-state index < -0.39 is 0 Å². The van der Waals surface area contributed by atoms with Crippen molar-refractivity contribution in [2.45, 2.75) is 26.2 Å². The van der Waals surface area contributed by atoms with Crippen LogP contribution in [0.1, 0.15) is 26.3 Å². The molecular formula is C7H10NReS-. The van der Waals surface area contributed by atoms with Crippen LogP contribution in [-0.2, 0) is 25.8 Å². The van der Waals surface area contributed by atoms with Gasteiger partial charge in [0.1, 0.15) is 0 Å². The van der Waals surface area contributed by atoms with Crippen LogP contribution in [0.25, 0.3) is 0 Å². The summed E-state index contributed by atoms with van der Waals surface area (Å²) in [6.45, 7) is 6.48. The SMILES string of the molecule is CC(C)(C)c1[c-]nsc1.[Re]. The van der Waals surface area contributed by atoms with Crippen molar-refractivity contribution in [1.29, 1.82) is 0 Å². The summed E-state index contributed by atoms with van der Waals surface area (Å²) in [6, 6.07) is 0. The van der Waals surface area contributed by atoms with Gasteiger partial charge in [0, 0.05) is 20.4 Å². The van der Waals surface area contributed by atoms with E-state index >= 15 is 0 Å². The fourth-order valence-corrected chi connectivity index (χ4v) is 1.24. The average Bonchev–Trinajstić information content (AvgIpc) is 2.08. The molecule has 0 aliphatic heterocycles. The van der Waals surface area contributed by atoms with Crippen molar-refractivity contribution in [2.24, 2.45) is 0 Å². The molecule has 1 heterocycles. The van der Waals surface area contributed by atoms with Crippen LogP contribution in [0.5, 0.6) is 0 Å². The van der Waals surface area contributed by atoms with Gasteiger partial charge in [0.05, 0.1) is 0 Å². The zero-order valence-corrected chi connectivity index (χ0v) is 9.84. The molecule has 1 radical (unpaired) electrons. The molecule has 0 aliphatic carbocycles. The van der Waals surface area contributed by atoms with Gasteiger partial charge in [-0.15, -0.1) is 11.6 Å². The van der Waals surface area contributed by atoms with E-state index in [0.717, 1.165) is 0 Å². The maximum absolute atomic E-state index is 3.91. The van der Waals surface area contributed by atoms with Crippen molar-refractivity contribution in [2.75, 3.05) is 0 Å². The van der Waals surface area contributed by atoms with Gasteiger partial charge in [-0.05, 0) is 5.41 Å². The van der Waals surface area contributed by atoms with Crippen molar-refractivity contribution in [1.82, 2.24) is 4.37 Å². The Morgan fingerprint density at radius 2 is 2.10 bits per heavy atom. The summed E-state index contributed by atoms with van der Waals surface area (Å²) in [5, 5.41) is 2.04. The predicted molar refractivity (Wildman–Crippen MR) is 39.7 cm³/mol. The minimum Gasteiger partial charge on any atom is -0.325 e. The minimum absolute atomic E-state index is 0. The van der Waals surface area contributed by atoms with Crippen LogP contribution in [0.15, 0.2) is 5.38 Å². The molecule has 0 fully saturated rings. The van der Waals surface area contributed by atoms with Crippen molar-refractivity contribution in [3.05, 3.63) is 17.1 Å². The first-order chi connectivity index (χ1) is 4.11. The molecule has 3 heteroatoms. The van der Waals surface area contributed by atoms with Gasteiger partial charge in [0.2, 0.25) is 0 Å². The van der Waals surface area contributed by atoms with Gasteiger partial charge in [0.15, 0.2) is 0 Å². The first-order valence-corrected chi connectivity index (χ1v) is 3.77. The Kier molecular flexibility index (Phi) is 3.72. The Hall–Kier alpha value is 0.292. The van der Waals surface area contributed by atoms with Crippen molar-refractivity contribution >= 4 is 11.5 Å². The van der Waals surface area contributed by atoms with Crippen molar-refractivity contribution in [3.8, 4) is 0 Å². The maximum atomic E-state index is 3.91. The Labute approximate surface area is 79.7 Å². The molecule has 0 unspecified atom stereocenters. The summed E-state index contributed by atoms with van der Waals surface area (Å²) in [6.07, 6.45) is 2.95. The van der Waals surface area contributed by atoms with Crippen LogP contribution >= 0.6 is 11.5 Å². The fourth-order valence-electron chi connectivity index (χ4n) is 0.525. The van der Waals surface area contributed by atoms with Crippen LogP contribution in [0.4, 0.5) is 0 Å². The van der Waals surface area contributed by atoms with E-state index in [9.17, 15) is 0 Å². The van der Waals surface area contributed by atoms with E-state index in [-0.39, 0.29) is 25.8 Å². The summed E-state index contributed by atoms with van der Waals surface area (Å²) in [7, 11) is 0. The molecule has 1 rings (SSSR count). The molecule has 0 aliphatic rings. The molecule has 1 aromatic heterocycles. The van der Waals surface area contributed by atoms with E-state index in [1.807, 2.05) is 5.38 Å². The third kappa shape index (κ3) is 2.50. The molecular weight excluding hydrogens is 316 g/mol.